The zero-order valence-corrected chi connectivity index (χ0v) is 12.5. The molecule has 0 radical (unpaired) electrons. The summed E-state index contributed by atoms with van der Waals surface area (Å²) in [5, 5.41) is 22.0. The van der Waals surface area contributed by atoms with Crippen LogP contribution in [0.2, 0.25) is 0 Å². The Bertz CT molecular complexity index is 623. The summed E-state index contributed by atoms with van der Waals surface area (Å²) in [6.45, 7) is 3.78. The van der Waals surface area contributed by atoms with Crippen molar-refractivity contribution in [3.8, 4) is 0 Å². The van der Waals surface area contributed by atoms with Crippen molar-refractivity contribution in [2.75, 3.05) is 10.6 Å². The van der Waals surface area contributed by atoms with Gasteiger partial charge in [-0.25, -0.2) is 0 Å². The van der Waals surface area contributed by atoms with E-state index in [0.29, 0.717) is 10.1 Å². The third kappa shape index (κ3) is 3.78. The zero-order valence-electron chi connectivity index (χ0n) is 10.8. The molecule has 20 heavy (non-hydrogen) atoms. The molecular weight excluding hydrogens is 300 g/mol. The van der Waals surface area contributed by atoms with Gasteiger partial charge in [-0.1, -0.05) is 29.6 Å². The van der Waals surface area contributed by atoms with Crippen LogP contribution in [0.25, 0.3) is 0 Å². The zero-order chi connectivity index (χ0) is 14.5. The second-order valence-corrected chi connectivity index (χ2v) is 6.03. The van der Waals surface area contributed by atoms with Gasteiger partial charge in [0.1, 0.15) is 10.0 Å². The SMILES string of the molecule is CCCc1nnc(NC(=O)C(=O)Nc2nnc(C)s2)s1. The summed E-state index contributed by atoms with van der Waals surface area (Å²) in [6, 6.07) is 0. The molecule has 0 aliphatic rings. The number of anilines is 2. The minimum absolute atomic E-state index is 0.284. The van der Waals surface area contributed by atoms with Gasteiger partial charge in [0.2, 0.25) is 10.3 Å². The smallest absolute Gasteiger partial charge is 0.292 e. The number of carbonyl (C=O) groups is 2. The molecule has 8 nitrogen and oxygen atoms in total. The van der Waals surface area contributed by atoms with Crippen LogP contribution in [0.1, 0.15) is 23.4 Å². The van der Waals surface area contributed by atoms with E-state index in [1.165, 1.54) is 22.7 Å². The average Bonchev–Trinajstić information content (AvgIpc) is 2.99. The van der Waals surface area contributed by atoms with Crippen molar-refractivity contribution >= 4 is 44.8 Å². The molecule has 0 atom stereocenters. The number of nitrogens with one attached hydrogen (secondary N) is 2. The fourth-order valence-corrected chi connectivity index (χ4v) is 2.70. The van der Waals surface area contributed by atoms with Crippen LogP contribution in [-0.2, 0) is 16.0 Å². The summed E-state index contributed by atoms with van der Waals surface area (Å²) in [6.07, 6.45) is 1.74. The number of aromatic nitrogens is 4. The average molecular weight is 312 g/mol. The highest BCUT2D eigenvalue weighted by atomic mass is 32.1. The van der Waals surface area contributed by atoms with Crippen molar-refractivity contribution in [3.05, 3.63) is 10.0 Å². The van der Waals surface area contributed by atoms with E-state index < -0.39 is 11.8 Å². The first kappa shape index (κ1) is 14.5. The largest absolute Gasteiger partial charge is 0.315 e. The lowest BCUT2D eigenvalue weighted by atomic mass is 10.4. The minimum Gasteiger partial charge on any atom is -0.292 e. The lowest BCUT2D eigenvalue weighted by Gasteiger charge is -1.99. The molecule has 0 saturated heterocycles. The van der Waals surface area contributed by atoms with E-state index in [2.05, 4.69) is 31.0 Å². The Morgan fingerprint density at radius 3 is 2.15 bits per heavy atom. The van der Waals surface area contributed by atoms with Crippen LogP contribution in [0.5, 0.6) is 0 Å². The highest BCUT2D eigenvalue weighted by Crippen LogP contribution is 2.17. The molecule has 2 rings (SSSR count). The van der Waals surface area contributed by atoms with Gasteiger partial charge in [0.25, 0.3) is 0 Å². The number of nitrogens with zero attached hydrogens (tertiary/aromatic N) is 4. The molecule has 0 aromatic carbocycles. The molecule has 0 aliphatic heterocycles. The summed E-state index contributed by atoms with van der Waals surface area (Å²) < 4.78 is 0. The van der Waals surface area contributed by atoms with E-state index in [-0.39, 0.29) is 5.13 Å². The Hall–Kier alpha value is -1.94. The molecule has 2 heterocycles. The quantitative estimate of drug-likeness (QED) is 0.822. The molecule has 2 amide bonds. The van der Waals surface area contributed by atoms with E-state index in [4.69, 9.17) is 0 Å². The van der Waals surface area contributed by atoms with E-state index in [9.17, 15) is 9.59 Å². The van der Waals surface area contributed by atoms with Gasteiger partial charge in [-0.05, 0) is 13.3 Å². The van der Waals surface area contributed by atoms with Crippen molar-refractivity contribution < 1.29 is 9.59 Å². The van der Waals surface area contributed by atoms with Gasteiger partial charge < -0.3 is 0 Å². The predicted octanol–water partition coefficient (Wildman–Crippen LogP) is 1.23. The van der Waals surface area contributed by atoms with Gasteiger partial charge in [-0.3, -0.25) is 20.2 Å². The number of hydrogen-bond donors (Lipinski definition) is 2. The first-order valence-corrected chi connectivity index (χ1v) is 7.46. The van der Waals surface area contributed by atoms with Crippen LogP contribution in [0, 0.1) is 6.92 Å². The summed E-state index contributed by atoms with van der Waals surface area (Å²) in [7, 11) is 0. The van der Waals surface area contributed by atoms with E-state index in [1.54, 1.807) is 6.92 Å². The maximum Gasteiger partial charge on any atom is 0.315 e. The van der Waals surface area contributed by atoms with Crippen LogP contribution in [-0.4, -0.2) is 32.2 Å². The van der Waals surface area contributed by atoms with E-state index in [1.807, 2.05) is 6.92 Å². The van der Waals surface area contributed by atoms with Crippen molar-refractivity contribution in [1.29, 1.82) is 0 Å². The summed E-state index contributed by atoms with van der Waals surface area (Å²) in [5.41, 5.74) is 0. The Kier molecular flexibility index (Phi) is 4.69. The molecule has 10 heteroatoms. The Morgan fingerprint density at radius 2 is 1.60 bits per heavy atom. The topological polar surface area (TPSA) is 110 Å². The standard InChI is InChI=1S/C10H12N6O2S2/c1-3-4-6-14-16-10(20-6)12-8(18)7(17)11-9-15-13-5(2)19-9/h3-4H2,1-2H3,(H,11,15,17)(H,12,16,18). The number of carbonyl (C=O) groups excluding carboxylic acids is 2. The maximum atomic E-state index is 11.7. The van der Waals surface area contributed by atoms with Gasteiger partial charge in [0, 0.05) is 6.42 Å². The lowest BCUT2D eigenvalue weighted by Crippen LogP contribution is -2.29. The fraction of sp³-hybridized carbons (Fsp3) is 0.400. The molecule has 2 aromatic rings. The van der Waals surface area contributed by atoms with Crippen molar-refractivity contribution in [1.82, 2.24) is 20.4 Å². The first-order valence-electron chi connectivity index (χ1n) is 5.83. The van der Waals surface area contributed by atoms with Crippen LogP contribution in [0.4, 0.5) is 10.3 Å². The van der Waals surface area contributed by atoms with Gasteiger partial charge >= 0.3 is 11.8 Å². The molecule has 0 aliphatic carbocycles. The highest BCUT2D eigenvalue weighted by Gasteiger charge is 2.17. The lowest BCUT2D eigenvalue weighted by molar-refractivity contribution is -0.133. The van der Waals surface area contributed by atoms with Gasteiger partial charge in [0.05, 0.1) is 0 Å². The van der Waals surface area contributed by atoms with Gasteiger partial charge in [0.15, 0.2) is 0 Å². The molecule has 0 spiro atoms. The van der Waals surface area contributed by atoms with Crippen LogP contribution in [0.15, 0.2) is 0 Å². The molecule has 0 fully saturated rings. The molecule has 2 N–H and O–H groups in total. The first-order chi connectivity index (χ1) is 9.58. The van der Waals surface area contributed by atoms with Gasteiger partial charge in [-0.2, -0.15) is 0 Å². The molecule has 106 valence electrons. The summed E-state index contributed by atoms with van der Waals surface area (Å²) >= 11 is 2.45. The second-order valence-electron chi connectivity index (χ2n) is 3.79. The minimum atomic E-state index is -0.812. The van der Waals surface area contributed by atoms with Crippen molar-refractivity contribution in [3.63, 3.8) is 0 Å². The monoisotopic (exact) mass is 312 g/mol. The molecule has 0 saturated carbocycles. The Labute approximate surface area is 122 Å². The molecular formula is C10H12N6O2S2. The molecule has 0 unspecified atom stereocenters. The van der Waals surface area contributed by atoms with Crippen molar-refractivity contribution in [2.45, 2.75) is 26.7 Å². The van der Waals surface area contributed by atoms with E-state index >= 15 is 0 Å². The molecule has 0 bridgehead atoms. The molecule has 2 aromatic heterocycles. The van der Waals surface area contributed by atoms with Crippen molar-refractivity contribution in [2.24, 2.45) is 0 Å². The number of amides is 2. The Morgan fingerprint density at radius 1 is 1.00 bits per heavy atom. The van der Waals surface area contributed by atoms with Gasteiger partial charge in [-0.15, -0.1) is 20.4 Å². The van der Waals surface area contributed by atoms with Crippen LogP contribution >= 0.6 is 22.7 Å². The number of aryl methyl sites for hydroxylation is 2. The third-order valence-electron chi connectivity index (χ3n) is 2.10. The fourth-order valence-electron chi connectivity index (χ4n) is 1.27. The number of hydrogen-bond acceptors (Lipinski definition) is 8. The predicted molar refractivity (Wildman–Crippen MR) is 75.8 cm³/mol. The van der Waals surface area contributed by atoms with Crippen LogP contribution < -0.4 is 10.6 Å². The number of rotatable bonds is 4. The summed E-state index contributed by atoms with van der Waals surface area (Å²) in [4.78, 5) is 23.3. The Balaban J connectivity index is 1.91. The van der Waals surface area contributed by atoms with E-state index in [0.717, 1.165) is 17.8 Å². The maximum absolute atomic E-state index is 11.7. The summed E-state index contributed by atoms with van der Waals surface area (Å²) in [5.74, 6) is -1.62. The second kappa shape index (κ2) is 6.48. The van der Waals surface area contributed by atoms with Crippen LogP contribution in [0.3, 0.4) is 0 Å². The highest BCUT2D eigenvalue weighted by molar-refractivity contribution is 7.15. The normalized spacial score (nSPS) is 10.3. The third-order valence-corrected chi connectivity index (χ3v) is 3.76.